The molecule has 0 unspecified atom stereocenters. The molecule has 1 aromatic rings. The smallest absolute Gasteiger partial charge is 0.0445 e. The van der Waals surface area contributed by atoms with Gasteiger partial charge in [0.2, 0.25) is 0 Å². The molecule has 20 heavy (non-hydrogen) atoms. The first-order valence-electron chi connectivity index (χ1n) is 7.98. The third-order valence-corrected chi connectivity index (χ3v) is 3.60. The molecule has 1 aromatic heterocycles. The Kier molecular flexibility index (Phi) is 5.41. The Balaban J connectivity index is 2.08. The fraction of sp³-hybridized carbons (Fsp3) is 0.706. The molecule has 1 saturated carbocycles. The summed E-state index contributed by atoms with van der Waals surface area (Å²) < 4.78 is 0. The van der Waals surface area contributed by atoms with Crippen LogP contribution in [0.4, 0.5) is 5.69 Å². The molecule has 0 bridgehead atoms. The largest absolute Gasteiger partial charge is 0.368 e. The van der Waals surface area contributed by atoms with Gasteiger partial charge < -0.3 is 10.2 Å². The van der Waals surface area contributed by atoms with Crippen molar-refractivity contribution in [2.24, 2.45) is 11.8 Å². The van der Waals surface area contributed by atoms with E-state index in [1.54, 1.807) is 0 Å². The third kappa shape index (κ3) is 4.48. The number of pyridine rings is 1. The molecule has 1 fully saturated rings. The van der Waals surface area contributed by atoms with E-state index in [0.717, 1.165) is 25.7 Å². The number of hydrogen-bond acceptors (Lipinski definition) is 3. The average molecular weight is 275 g/mol. The molecule has 1 N–H and O–H groups in total. The molecular formula is C17H29N3. The van der Waals surface area contributed by atoms with Gasteiger partial charge in [-0.1, -0.05) is 27.7 Å². The van der Waals surface area contributed by atoms with Gasteiger partial charge in [-0.3, -0.25) is 4.98 Å². The second kappa shape index (κ2) is 7.07. The van der Waals surface area contributed by atoms with E-state index in [9.17, 15) is 0 Å². The van der Waals surface area contributed by atoms with Crippen LogP contribution in [0.2, 0.25) is 0 Å². The standard InChI is InChI=1S/C17H29N3/c1-13(2)9-19-11-15-10-18-8-7-17(15)20(12-14(3)4)16-5-6-16/h7-8,10,13-14,16,19H,5-6,9,11-12H2,1-4H3. The molecule has 1 heterocycles. The van der Waals surface area contributed by atoms with Crippen LogP contribution in [0, 0.1) is 11.8 Å². The van der Waals surface area contributed by atoms with Crippen molar-refractivity contribution in [3.63, 3.8) is 0 Å². The number of hydrogen-bond donors (Lipinski definition) is 1. The average Bonchev–Trinajstić information content (AvgIpc) is 3.20. The van der Waals surface area contributed by atoms with E-state index in [2.05, 4.69) is 49.0 Å². The van der Waals surface area contributed by atoms with Crippen LogP contribution in [0.25, 0.3) is 0 Å². The first kappa shape index (κ1) is 15.3. The molecule has 2 rings (SSSR count). The Hall–Kier alpha value is -1.09. The maximum Gasteiger partial charge on any atom is 0.0445 e. The van der Waals surface area contributed by atoms with Crippen molar-refractivity contribution in [3.05, 3.63) is 24.0 Å². The molecule has 0 saturated heterocycles. The number of rotatable bonds is 8. The first-order chi connectivity index (χ1) is 9.58. The van der Waals surface area contributed by atoms with Crippen molar-refractivity contribution in [2.45, 2.75) is 53.1 Å². The zero-order valence-electron chi connectivity index (χ0n) is 13.4. The maximum absolute atomic E-state index is 4.32. The summed E-state index contributed by atoms with van der Waals surface area (Å²) in [6.45, 7) is 12.2. The summed E-state index contributed by atoms with van der Waals surface area (Å²) in [5.74, 6) is 1.38. The summed E-state index contributed by atoms with van der Waals surface area (Å²) in [4.78, 5) is 6.91. The maximum atomic E-state index is 4.32. The highest BCUT2D eigenvalue weighted by atomic mass is 15.2. The van der Waals surface area contributed by atoms with Crippen LogP contribution in [0.15, 0.2) is 18.5 Å². The zero-order valence-corrected chi connectivity index (χ0v) is 13.4. The van der Waals surface area contributed by atoms with Crippen LogP contribution < -0.4 is 10.2 Å². The van der Waals surface area contributed by atoms with Crippen LogP contribution in [0.1, 0.15) is 46.1 Å². The monoisotopic (exact) mass is 275 g/mol. The SMILES string of the molecule is CC(C)CNCc1cnccc1N(CC(C)C)C1CC1. The minimum atomic E-state index is 0.685. The highest BCUT2D eigenvalue weighted by molar-refractivity contribution is 5.54. The highest BCUT2D eigenvalue weighted by Gasteiger charge is 2.30. The van der Waals surface area contributed by atoms with Gasteiger partial charge in [0.25, 0.3) is 0 Å². The summed E-state index contributed by atoms with van der Waals surface area (Å²) >= 11 is 0. The van der Waals surface area contributed by atoms with Crippen LogP contribution in [0.5, 0.6) is 0 Å². The van der Waals surface area contributed by atoms with Crippen LogP contribution >= 0.6 is 0 Å². The lowest BCUT2D eigenvalue weighted by Crippen LogP contribution is -2.31. The van der Waals surface area contributed by atoms with Crippen LogP contribution in [0.3, 0.4) is 0 Å². The minimum absolute atomic E-state index is 0.685. The van der Waals surface area contributed by atoms with Gasteiger partial charge >= 0.3 is 0 Å². The summed E-state index contributed by atoms with van der Waals surface area (Å²) in [5, 5.41) is 3.54. The Morgan fingerprint density at radius 2 is 2.00 bits per heavy atom. The van der Waals surface area contributed by atoms with Gasteiger partial charge in [0.05, 0.1) is 0 Å². The normalized spacial score (nSPS) is 15.1. The van der Waals surface area contributed by atoms with Gasteiger partial charge in [-0.05, 0) is 37.3 Å². The summed E-state index contributed by atoms with van der Waals surface area (Å²) in [6, 6.07) is 2.94. The minimum Gasteiger partial charge on any atom is -0.368 e. The van der Waals surface area contributed by atoms with E-state index in [4.69, 9.17) is 0 Å². The van der Waals surface area contributed by atoms with Gasteiger partial charge in [0.15, 0.2) is 0 Å². The van der Waals surface area contributed by atoms with Crippen molar-refractivity contribution >= 4 is 5.69 Å². The predicted molar refractivity (Wildman–Crippen MR) is 86.0 cm³/mol. The van der Waals surface area contributed by atoms with Gasteiger partial charge in [0, 0.05) is 42.8 Å². The summed E-state index contributed by atoms with van der Waals surface area (Å²) in [6.07, 6.45) is 6.64. The lowest BCUT2D eigenvalue weighted by molar-refractivity contribution is 0.549. The Labute approximate surface area is 123 Å². The molecule has 0 spiro atoms. The van der Waals surface area contributed by atoms with Gasteiger partial charge in [-0.2, -0.15) is 0 Å². The number of nitrogens with zero attached hydrogens (tertiary/aromatic N) is 2. The molecule has 0 radical (unpaired) electrons. The van der Waals surface area contributed by atoms with Gasteiger partial charge in [0.1, 0.15) is 0 Å². The van der Waals surface area contributed by atoms with Gasteiger partial charge in [-0.25, -0.2) is 0 Å². The second-order valence-corrected chi connectivity index (χ2v) is 6.81. The van der Waals surface area contributed by atoms with E-state index in [1.165, 1.54) is 24.1 Å². The molecule has 0 amide bonds. The zero-order chi connectivity index (χ0) is 14.5. The number of anilines is 1. The molecule has 1 aliphatic carbocycles. The molecule has 0 aliphatic heterocycles. The second-order valence-electron chi connectivity index (χ2n) is 6.81. The van der Waals surface area contributed by atoms with E-state index in [-0.39, 0.29) is 0 Å². The fourth-order valence-corrected chi connectivity index (χ4v) is 2.56. The Morgan fingerprint density at radius 1 is 1.25 bits per heavy atom. The topological polar surface area (TPSA) is 28.2 Å². The molecule has 1 aliphatic rings. The molecular weight excluding hydrogens is 246 g/mol. The van der Waals surface area contributed by atoms with Crippen LogP contribution in [-0.4, -0.2) is 24.1 Å². The molecule has 0 aromatic carbocycles. The summed E-state index contributed by atoms with van der Waals surface area (Å²) in [5.41, 5.74) is 2.72. The number of nitrogens with one attached hydrogen (secondary N) is 1. The fourth-order valence-electron chi connectivity index (χ4n) is 2.56. The quantitative estimate of drug-likeness (QED) is 0.787. The van der Waals surface area contributed by atoms with Crippen molar-refractivity contribution in [1.29, 1.82) is 0 Å². The molecule has 3 nitrogen and oxygen atoms in total. The Morgan fingerprint density at radius 3 is 2.60 bits per heavy atom. The van der Waals surface area contributed by atoms with Crippen LogP contribution in [-0.2, 0) is 6.54 Å². The van der Waals surface area contributed by atoms with Crippen molar-refractivity contribution in [3.8, 4) is 0 Å². The van der Waals surface area contributed by atoms with E-state index >= 15 is 0 Å². The number of aromatic nitrogens is 1. The first-order valence-corrected chi connectivity index (χ1v) is 7.98. The predicted octanol–water partition coefficient (Wildman–Crippen LogP) is 3.45. The van der Waals surface area contributed by atoms with E-state index in [1.807, 2.05) is 12.4 Å². The third-order valence-electron chi connectivity index (χ3n) is 3.60. The van der Waals surface area contributed by atoms with Crippen molar-refractivity contribution in [1.82, 2.24) is 10.3 Å². The van der Waals surface area contributed by atoms with Gasteiger partial charge in [-0.15, -0.1) is 0 Å². The molecule has 3 heteroatoms. The lowest BCUT2D eigenvalue weighted by Gasteiger charge is -2.28. The lowest BCUT2D eigenvalue weighted by atomic mass is 10.1. The van der Waals surface area contributed by atoms with Crippen molar-refractivity contribution < 1.29 is 0 Å². The molecule has 112 valence electrons. The van der Waals surface area contributed by atoms with E-state index in [0.29, 0.717) is 11.8 Å². The van der Waals surface area contributed by atoms with E-state index < -0.39 is 0 Å². The Bertz CT molecular complexity index is 410. The highest BCUT2D eigenvalue weighted by Crippen LogP contribution is 2.33. The summed E-state index contributed by atoms with van der Waals surface area (Å²) in [7, 11) is 0. The molecule has 0 atom stereocenters. The van der Waals surface area contributed by atoms with Crippen molar-refractivity contribution in [2.75, 3.05) is 18.0 Å².